The Balaban J connectivity index is 2.04. The number of Topliss-reactive ketones (excluding diaryl/α,β-unsaturated/α-hetero) is 1. The van der Waals surface area contributed by atoms with Crippen molar-refractivity contribution in [2.24, 2.45) is 0 Å². The molecule has 3 heteroatoms. The Morgan fingerprint density at radius 3 is 2.24 bits per heavy atom. The van der Waals surface area contributed by atoms with Crippen LogP contribution in [0.15, 0.2) is 12.1 Å². The molecule has 0 fully saturated rings. The largest absolute Gasteiger partial charge is 0.304 e. The van der Waals surface area contributed by atoms with E-state index >= 15 is 0 Å². The highest BCUT2D eigenvalue weighted by Gasteiger charge is 2.37. The summed E-state index contributed by atoms with van der Waals surface area (Å²) in [5.41, 5.74) is 3.38. The van der Waals surface area contributed by atoms with Crippen LogP contribution in [0.25, 0.3) is 0 Å². The van der Waals surface area contributed by atoms with E-state index in [1.807, 2.05) is 26.0 Å². The van der Waals surface area contributed by atoms with Gasteiger partial charge in [-0.3, -0.25) is 9.59 Å². The molecule has 0 bridgehead atoms. The minimum atomic E-state index is -0.351. The molecule has 3 nitrogen and oxygen atoms in total. The van der Waals surface area contributed by atoms with Gasteiger partial charge >= 0.3 is 0 Å². The number of fused-ring (bicyclic) bond motifs is 1. The Hall–Kier alpha value is -1.64. The van der Waals surface area contributed by atoms with Crippen molar-refractivity contribution in [1.82, 2.24) is 0 Å². The number of nitrogens with zero attached hydrogens (tertiary/aromatic N) is 1. The molecule has 0 saturated carbocycles. The first-order valence-electron chi connectivity index (χ1n) is 8.04. The van der Waals surface area contributed by atoms with Gasteiger partial charge in [0.15, 0.2) is 0 Å². The second-order valence-electron chi connectivity index (χ2n) is 5.98. The number of ketones is 1. The van der Waals surface area contributed by atoms with Crippen LogP contribution < -0.4 is 4.90 Å². The summed E-state index contributed by atoms with van der Waals surface area (Å²) in [6, 6.07) is 3.92. The van der Waals surface area contributed by atoms with Gasteiger partial charge in [-0.2, -0.15) is 0 Å². The van der Waals surface area contributed by atoms with Crippen LogP contribution in [-0.2, 0) is 4.79 Å². The highest BCUT2D eigenvalue weighted by Crippen LogP contribution is 2.34. The van der Waals surface area contributed by atoms with Gasteiger partial charge in [0.1, 0.15) is 0 Å². The second kappa shape index (κ2) is 6.88. The zero-order valence-corrected chi connectivity index (χ0v) is 13.4. The molecule has 1 aliphatic rings. The third-order valence-electron chi connectivity index (χ3n) is 4.26. The summed E-state index contributed by atoms with van der Waals surface area (Å²) in [4.78, 5) is 26.1. The summed E-state index contributed by atoms with van der Waals surface area (Å²) in [6.45, 7) is 6.74. The molecule has 21 heavy (non-hydrogen) atoms. The van der Waals surface area contributed by atoms with Crippen molar-refractivity contribution in [3.05, 3.63) is 28.8 Å². The molecule has 0 unspecified atom stereocenters. The molecule has 0 N–H and O–H groups in total. The van der Waals surface area contributed by atoms with Crippen LogP contribution in [0.1, 0.15) is 66.9 Å². The molecule has 1 heterocycles. The molecular formula is C18H25NO2. The molecule has 114 valence electrons. The predicted octanol–water partition coefficient (Wildman–Crippen LogP) is 4.19. The van der Waals surface area contributed by atoms with Crippen molar-refractivity contribution < 1.29 is 9.59 Å². The normalized spacial score (nSPS) is 14.0. The molecule has 0 radical (unpaired) electrons. The van der Waals surface area contributed by atoms with Gasteiger partial charge in [-0.25, -0.2) is 0 Å². The smallest absolute Gasteiger partial charge is 0.299 e. The number of carbonyl (C=O) groups is 2. The van der Waals surface area contributed by atoms with Crippen LogP contribution in [0.3, 0.4) is 0 Å². The maximum Gasteiger partial charge on any atom is 0.299 e. The monoisotopic (exact) mass is 287 g/mol. The number of hydrogen-bond acceptors (Lipinski definition) is 2. The fourth-order valence-electron chi connectivity index (χ4n) is 3.03. The minimum Gasteiger partial charge on any atom is -0.304 e. The lowest BCUT2D eigenvalue weighted by Gasteiger charge is -2.18. The number of rotatable bonds is 7. The average molecular weight is 287 g/mol. The van der Waals surface area contributed by atoms with Gasteiger partial charge in [0.2, 0.25) is 0 Å². The van der Waals surface area contributed by atoms with Gasteiger partial charge in [0.05, 0.1) is 11.3 Å². The van der Waals surface area contributed by atoms with Crippen LogP contribution >= 0.6 is 0 Å². The fourth-order valence-corrected chi connectivity index (χ4v) is 3.03. The molecule has 2 rings (SSSR count). The van der Waals surface area contributed by atoms with E-state index in [1.54, 1.807) is 4.90 Å². The van der Waals surface area contributed by atoms with Crippen LogP contribution in [0.4, 0.5) is 5.69 Å². The van der Waals surface area contributed by atoms with Gasteiger partial charge in [-0.05, 0) is 31.4 Å². The van der Waals surface area contributed by atoms with E-state index in [0.29, 0.717) is 12.1 Å². The van der Waals surface area contributed by atoms with E-state index in [-0.39, 0.29) is 11.7 Å². The molecule has 0 aromatic heterocycles. The van der Waals surface area contributed by atoms with Crippen molar-refractivity contribution in [1.29, 1.82) is 0 Å². The Morgan fingerprint density at radius 1 is 0.905 bits per heavy atom. The number of benzene rings is 1. The summed E-state index contributed by atoms with van der Waals surface area (Å²) >= 11 is 0. The van der Waals surface area contributed by atoms with E-state index in [1.165, 1.54) is 25.7 Å². The van der Waals surface area contributed by atoms with Crippen molar-refractivity contribution in [2.45, 2.75) is 59.3 Å². The zero-order chi connectivity index (χ0) is 15.4. The van der Waals surface area contributed by atoms with E-state index in [2.05, 4.69) is 6.92 Å². The highest BCUT2D eigenvalue weighted by atomic mass is 16.2. The molecule has 0 aliphatic carbocycles. The molecule has 1 aromatic carbocycles. The number of unbranched alkanes of at least 4 members (excludes halogenated alkanes) is 5. The van der Waals surface area contributed by atoms with E-state index < -0.39 is 0 Å². The quantitative estimate of drug-likeness (QED) is 0.557. The molecule has 1 aromatic rings. The summed E-state index contributed by atoms with van der Waals surface area (Å²) in [5.74, 6) is -0.687. The van der Waals surface area contributed by atoms with Crippen molar-refractivity contribution in [2.75, 3.05) is 11.4 Å². The second-order valence-corrected chi connectivity index (χ2v) is 5.98. The van der Waals surface area contributed by atoms with E-state index in [0.717, 1.165) is 29.7 Å². The SMILES string of the molecule is CCCCCCCCN1C(=O)C(=O)c2c(C)ccc(C)c21. The third kappa shape index (κ3) is 3.17. The predicted molar refractivity (Wildman–Crippen MR) is 86.0 cm³/mol. The maximum atomic E-state index is 12.2. The first-order valence-corrected chi connectivity index (χ1v) is 8.04. The summed E-state index contributed by atoms with van der Waals surface area (Å²) in [6.07, 6.45) is 7.09. The van der Waals surface area contributed by atoms with Crippen LogP contribution in [0.5, 0.6) is 0 Å². The van der Waals surface area contributed by atoms with E-state index in [4.69, 9.17) is 0 Å². The summed E-state index contributed by atoms with van der Waals surface area (Å²) in [7, 11) is 0. The highest BCUT2D eigenvalue weighted by molar-refractivity contribution is 6.52. The maximum absolute atomic E-state index is 12.2. The van der Waals surface area contributed by atoms with Crippen LogP contribution in [-0.4, -0.2) is 18.2 Å². The number of carbonyl (C=O) groups excluding carboxylic acids is 2. The van der Waals surface area contributed by atoms with Gasteiger partial charge in [-0.1, -0.05) is 51.2 Å². The number of amides is 1. The summed E-state index contributed by atoms with van der Waals surface area (Å²) in [5, 5.41) is 0. The Morgan fingerprint density at radius 2 is 1.52 bits per heavy atom. The molecule has 0 saturated heterocycles. The van der Waals surface area contributed by atoms with Gasteiger partial charge in [0, 0.05) is 6.54 Å². The Kier molecular flexibility index (Phi) is 5.16. The molecule has 0 spiro atoms. The first kappa shape index (κ1) is 15.7. The summed E-state index contributed by atoms with van der Waals surface area (Å²) < 4.78 is 0. The zero-order valence-electron chi connectivity index (χ0n) is 13.4. The Labute approximate surface area is 127 Å². The number of aryl methyl sites for hydroxylation is 2. The van der Waals surface area contributed by atoms with Gasteiger partial charge in [0.25, 0.3) is 11.7 Å². The van der Waals surface area contributed by atoms with Gasteiger partial charge in [-0.15, -0.1) is 0 Å². The van der Waals surface area contributed by atoms with Crippen molar-refractivity contribution >= 4 is 17.4 Å². The van der Waals surface area contributed by atoms with E-state index in [9.17, 15) is 9.59 Å². The minimum absolute atomic E-state index is 0.336. The topological polar surface area (TPSA) is 37.4 Å². The first-order chi connectivity index (χ1) is 10.1. The molecule has 1 aliphatic heterocycles. The number of hydrogen-bond donors (Lipinski definition) is 0. The molecule has 0 atom stereocenters. The molecular weight excluding hydrogens is 262 g/mol. The average Bonchev–Trinajstić information content (AvgIpc) is 2.72. The lowest BCUT2D eigenvalue weighted by molar-refractivity contribution is -0.114. The van der Waals surface area contributed by atoms with Crippen LogP contribution in [0.2, 0.25) is 0 Å². The Bertz CT molecular complexity index is 548. The van der Waals surface area contributed by atoms with Crippen molar-refractivity contribution in [3.63, 3.8) is 0 Å². The number of anilines is 1. The van der Waals surface area contributed by atoms with Gasteiger partial charge < -0.3 is 4.90 Å². The fraction of sp³-hybridized carbons (Fsp3) is 0.556. The molecule has 1 amide bonds. The lowest BCUT2D eigenvalue weighted by atomic mass is 10.0. The van der Waals surface area contributed by atoms with Crippen molar-refractivity contribution in [3.8, 4) is 0 Å². The lowest BCUT2D eigenvalue weighted by Crippen LogP contribution is -2.31. The third-order valence-corrected chi connectivity index (χ3v) is 4.26. The van der Waals surface area contributed by atoms with Crippen LogP contribution in [0, 0.1) is 13.8 Å². The standard InChI is InChI=1S/C18H25NO2/c1-4-5-6-7-8-9-12-19-16-14(3)11-10-13(2)15(16)17(20)18(19)21/h10-11H,4-9,12H2,1-3H3.